The second-order valence-electron chi connectivity index (χ2n) is 6.43. The number of hydrogen-bond donors (Lipinski definition) is 1. The zero-order valence-electron chi connectivity index (χ0n) is 14.7. The zero-order valence-corrected chi connectivity index (χ0v) is 14.7. The Morgan fingerprint density at radius 1 is 1.19 bits per heavy atom. The summed E-state index contributed by atoms with van der Waals surface area (Å²) < 4.78 is 4.83. The van der Waals surface area contributed by atoms with Crippen molar-refractivity contribution in [2.45, 2.75) is 13.0 Å². The number of anilines is 1. The van der Waals surface area contributed by atoms with E-state index < -0.39 is 0 Å². The van der Waals surface area contributed by atoms with Crippen LogP contribution in [-0.2, 0) is 17.7 Å². The molecule has 0 atom stereocenters. The van der Waals surface area contributed by atoms with E-state index >= 15 is 0 Å². The molecule has 0 unspecified atom stereocenters. The van der Waals surface area contributed by atoms with Crippen LogP contribution in [0.2, 0.25) is 0 Å². The van der Waals surface area contributed by atoms with Crippen molar-refractivity contribution < 1.29 is 9.53 Å². The highest BCUT2D eigenvalue weighted by atomic mass is 16.5. The number of aromatic amines is 1. The molecule has 3 aromatic rings. The maximum Gasteiger partial charge on any atom is 0.337 e. The summed E-state index contributed by atoms with van der Waals surface area (Å²) in [6, 6.07) is 15.0. The molecule has 132 valence electrons. The highest BCUT2D eigenvalue weighted by Crippen LogP contribution is 2.33. The van der Waals surface area contributed by atoms with E-state index in [2.05, 4.69) is 22.0 Å². The highest BCUT2D eigenvalue weighted by molar-refractivity contribution is 5.96. The average Bonchev–Trinajstić information content (AvgIpc) is 3.09. The fraction of sp³-hybridized carbons (Fsp3) is 0.190. The Bertz CT molecular complexity index is 1120. The molecule has 1 aliphatic rings. The molecule has 1 N–H and O–H groups in total. The zero-order chi connectivity index (χ0) is 19.0. The van der Waals surface area contributed by atoms with Crippen molar-refractivity contribution >= 4 is 22.6 Å². The van der Waals surface area contributed by atoms with Crippen LogP contribution >= 0.6 is 0 Å². The van der Waals surface area contributed by atoms with Crippen LogP contribution in [0.1, 0.15) is 32.7 Å². The lowest BCUT2D eigenvalue weighted by Gasteiger charge is -2.30. The Morgan fingerprint density at radius 2 is 1.93 bits per heavy atom. The second kappa shape index (κ2) is 6.51. The molecule has 6 nitrogen and oxygen atoms in total. The van der Waals surface area contributed by atoms with Crippen molar-refractivity contribution in [3.8, 4) is 12.1 Å². The van der Waals surface area contributed by atoms with Crippen LogP contribution in [0.5, 0.6) is 0 Å². The summed E-state index contributed by atoms with van der Waals surface area (Å²) in [7, 11) is 1.36. The van der Waals surface area contributed by atoms with Gasteiger partial charge in [0.2, 0.25) is 0 Å². The summed E-state index contributed by atoms with van der Waals surface area (Å²) in [5.74, 6) is -0.374. The van der Waals surface area contributed by atoms with Crippen LogP contribution < -0.4 is 4.90 Å². The van der Waals surface area contributed by atoms with Gasteiger partial charge in [-0.05, 0) is 30.3 Å². The quantitative estimate of drug-likeness (QED) is 0.712. The number of ether oxygens (including phenoxy) is 1. The molecule has 0 bridgehead atoms. The number of carbonyl (C=O) groups is 1. The van der Waals surface area contributed by atoms with Gasteiger partial charge in [0.1, 0.15) is 12.1 Å². The fourth-order valence-electron chi connectivity index (χ4n) is 3.71. The number of nitriles is 2. The van der Waals surface area contributed by atoms with Crippen LogP contribution in [0.4, 0.5) is 5.69 Å². The average molecular weight is 356 g/mol. The molecular weight excluding hydrogens is 340 g/mol. The number of fused-ring (bicyclic) bond motifs is 3. The summed E-state index contributed by atoms with van der Waals surface area (Å²) in [5.41, 5.74) is 5.32. The maximum absolute atomic E-state index is 11.9. The van der Waals surface area contributed by atoms with Crippen molar-refractivity contribution in [3.63, 3.8) is 0 Å². The first-order chi connectivity index (χ1) is 13.2. The molecule has 0 amide bonds. The van der Waals surface area contributed by atoms with Gasteiger partial charge in [0, 0.05) is 41.7 Å². The summed E-state index contributed by atoms with van der Waals surface area (Å²) in [6.07, 6.45) is 0.766. The van der Waals surface area contributed by atoms with Gasteiger partial charge in [-0.25, -0.2) is 4.79 Å². The maximum atomic E-state index is 11.9. The van der Waals surface area contributed by atoms with Crippen LogP contribution in [0.15, 0.2) is 36.4 Å². The number of para-hydroxylation sites is 1. The number of hydrogen-bond acceptors (Lipinski definition) is 5. The van der Waals surface area contributed by atoms with E-state index in [1.54, 1.807) is 24.3 Å². The molecule has 1 aliphatic heterocycles. The van der Waals surface area contributed by atoms with Gasteiger partial charge in [-0.3, -0.25) is 0 Å². The predicted molar refractivity (Wildman–Crippen MR) is 100 cm³/mol. The number of nitrogens with one attached hydrogen (secondary N) is 1. The first kappa shape index (κ1) is 16.7. The van der Waals surface area contributed by atoms with Gasteiger partial charge in [0.15, 0.2) is 0 Å². The van der Waals surface area contributed by atoms with Crippen molar-refractivity contribution in [2.24, 2.45) is 0 Å². The fourth-order valence-corrected chi connectivity index (χ4v) is 3.71. The minimum atomic E-state index is -0.374. The molecule has 0 aliphatic carbocycles. The van der Waals surface area contributed by atoms with Gasteiger partial charge in [-0.15, -0.1) is 0 Å². The smallest absolute Gasteiger partial charge is 0.337 e. The number of benzene rings is 2. The number of nitrogens with zero attached hydrogens (tertiary/aromatic N) is 3. The van der Waals surface area contributed by atoms with E-state index in [9.17, 15) is 15.3 Å². The number of esters is 1. The number of rotatable bonds is 2. The minimum absolute atomic E-state index is 0.374. The molecule has 0 spiro atoms. The summed E-state index contributed by atoms with van der Waals surface area (Å²) in [6.45, 7) is 1.27. The standard InChI is InChI=1S/C21H16N4O2/c1-27-21(26)13-5-6-18-16(9-13)17-12-25(8-7-19(17)24-18)20-14(10-22)3-2-4-15(20)11-23/h2-6,9,24H,7-8,12H2,1H3. The molecular formula is C21H16N4O2. The second-order valence-corrected chi connectivity index (χ2v) is 6.43. The van der Waals surface area contributed by atoms with E-state index in [0.29, 0.717) is 35.5 Å². The third kappa shape index (κ3) is 2.68. The van der Waals surface area contributed by atoms with E-state index in [4.69, 9.17) is 4.74 Å². The largest absolute Gasteiger partial charge is 0.465 e. The van der Waals surface area contributed by atoms with Gasteiger partial charge in [0.05, 0.1) is 29.5 Å². The van der Waals surface area contributed by atoms with Gasteiger partial charge < -0.3 is 14.6 Å². The Morgan fingerprint density at radius 3 is 2.59 bits per heavy atom. The lowest BCUT2D eigenvalue weighted by molar-refractivity contribution is 0.0601. The summed E-state index contributed by atoms with van der Waals surface area (Å²) in [4.78, 5) is 17.4. The van der Waals surface area contributed by atoms with Crippen molar-refractivity contribution in [2.75, 3.05) is 18.6 Å². The lowest BCUT2D eigenvalue weighted by atomic mass is 10.00. The third-order valence-electron chi connectivity index (χ3n) is 4.99. The Balaban J connectivity index is 1.81. The monoisotopic (exact) mass is 356 g/mol. The Kier molecular flexibility index (Phi) is 4.02. The minimum Gasteiger partial charge on any atom is -0.465 e. The predicted octanol–water partition coefficient (Wildman–Crippen LogP) is 3.26. The summed E-state index contributed by atoms with van der Waals surface area (Å²) in [5, 5.41) is 19.9. The van der Waals surface area contributed by atoms with Crippen LogP contribution in [0.25, 0.3) is 10.9 Å². The normalized spacial score (nSPS) is 12.9. The molecule has 0 fully saturated rings. The van der Waals surface area contributed by atoms with Crippen LogP contribution in [0.3, 0.4) is 0 Å². The van der Waals surface area contributed by atoms with Gasteiger partial charge in [-0.2, -0.15) is 10.5 Å². The van der Waals surface area contributed by atoms with Crippen LogP contribution in [-0.4, -0.2) is 24.6 Å². The third-order valence-corrected chi connectivity index (χ3v) is 4.99. The topological polar surface area (TPSA) is 92.9 Å². The first-order valence-electron chi connectivity index (χ1n) is 8.56. The van der Waals surface area contributed by atoms with E-state index in [1.165, 1.54) is 7.11 Å². The highest BCUT2D eigenvalue weighted by Gasteiger charge is 2.25. The molecule has 1 aromatic heterocycles. The van der Waals surface area contributed by atoms with E-state index in [-0.39, 0.29) is 5.97 Å². The number of aromatic nitrogens is 1. The van der Waals surface area contributed by atoms with E-state index in [0.717, 1.165) is 28.6 Å². The van der Waals surface area contributed by atoms with Crippen molar-refractivity contribution in [1.29, 1.82) is 10.5 Å². The molecule has 0 saturated carbocycles. The van der Waals surface area contributed by atoms with Crippen LogP contribution in [0, 0.1) is 22.7 Å². The van der Waals surface area contributed by atoms with Gasteiger partial charge in [-0.1, -0.05) is 6.07 Å². The molecule has 0 radical (unpaired) electrons. The summed E-state index contributed by atoms with van der Waals surface area (Å²) >= 11 is 0. The van der Waals surface area contributed by atoms with Crippen molar-refractivity contribution in [3.05, 3.63) is 64.3 Å². The lowest BCUT2D eigenvalue weighted by Crippen LogP contribution is -2.31. The molecule has 27 heavy (non-hydrogen) atoms. The molecule has 6 heteroatoms. The van der Waals surface area contributed by atoms with E-state index in [1.807, 2.05) is 12.1 Å². The van der Waals surface area contributed by atoms with Gasteiger partial charge >= 0.3 is 5.97 Å². The molecule has 2 heterocycles. The SMILES string of the molecule is COC(=O)c1ccc2[nH]c3c(c2c1)CN(c1c(C#N)cccc1C#N)CC3. The molecule has 0 saturated heterocycles. The molecule has 2 aromatic carbocycles. The number of H-pyrrole nitrogens is 1. The number of carbonyl (C=O) groups excluding carboxylic acids is 1. The van der Waals surface area contributed by atoms with Gasteiger partial charge in [0.25, 0.3) is 0 Å². The number of methoxy groups -OCH3 is 1. The Hall–Kier alpha value is -3.77. The van der Waals surface area contributed by atoms with Crippen molar-refractivity contribution in [1.82, 2.24) is 4.98 Å². The first-order valence-corrected chi connectivity index (χ1v) is 8.56. The molecule has 4 rings (SSSR count). The Labute approximate surface area is 156 Å².